The van der Waals surface area contributed by atoms with Gasteiger partial charge in [0.25, 0.3) is 0 Å². The normalized spacial score (nSPS) is 26.9. The predicted octanol–water partition coefficient (Wildman–Crippen LogP) is 0.653. The van der Waals surface area contributed by atoms with Crippen molar-refractivity contribution >= 4 is 5.91 Å². The highest BCUT2D eigenvalue weighted by molar-refractivity contribution is 5.83. The standard InChI is InChI=1S/C13H24N2O2/c1-12(2,5-8-16)15-11(17)10-9-13(10)3-6-14-7-4-13/h10,14,16H,3-9H2,1-2H3,(H,15,17). The van der Waals surface area contributed by atoms with Gasteiger partial charge in [0, 0.05) is 18.1 Å². The maximum Gasteiger partial charge on any atom is 0.224 e. The highest BCUT2D eigenvalue weighted by atomic mass is 16.3. The van der Waals surface area contributed by atoms with E-state index in [1.54, 1.807) is 0 Å². The van der Waals surface area contributed by atoms with Crippen LogP contribution in [-0.4, -0.2) is 36.2 Å². The number of carbonyl (C=O) groups excluding carboxylic acids is 1. The molecule has 1 atom stereocenters. The van der Waals surface area contributed by atoms with Gasteiger partial charge in [-0.2, -0.15) is 0 Å². The van der Waals surface area contributed by atoms with E-state index in [9.17, 15) is 4.79 Å². The molecule has 1 heterocycles. The van der Waals surface area contributed by atoms with Crippen molar-refractivity contribution in [1.82, 2.24) is 10.6 Å². The fraction of sp³-hybridized carbons (Fsp3) is 0.923. The quantitative estimate of drug-likeness (QED) is 0.676. The summed E-state index contributed by atoms with van der Waals surface area (Å²) in [7, 11) is 0. The molecular weight excluding hydrogens is 216 g/mol. The number of amides is 1. The minimum absolute atomic E-state index is 0.118. The number of aliphatic hydroxyl groups is 1. The first-order valence-corrected chi connectivity index (χ1v) is 6.63. The third kappa shape index (κ3) is 2.80. The summed E-state index contributed by atoms with van der Waals surface area (Å²) in [6.45, 7) is 6.15. The van der Waals surface area contributed by atoms with Gasteiger partial charge in [-0.1, -0.05) is 0 Å². The molecule has 1 saturated heterocycles. The Kier molecular flexibility index (Phi) is 3.46. The van der Waals surface area contributed by atoms with E-state index in [0.29, 0.717) is 11.8 Å². The fourth-order valence-corrected chi connectivity index (χ4v) is 2.96. The lowest BCUT2D eigenvalue weighted by Gasteiger charge is -2.27. The fourth-order valence-electron chi connectivity index (χ4n) is 2.96. The number of carbonyl (C=O) groups is 1. The number of hydrogen-bond acceptors (Lipinski definition) is 3. The largest absolute Gasteiger partial charge is 0.396 e. The lowest BCUT2D eigenvalue weighted by atomic mass is 9.91. The zero-order chi connectivity index (χ0) is 12.5. The summed E-state index contributed by atoms with van der Waals surface area (Å²) in [6.07, 6.45) is 3.92. The van der Waals surface area contributed by atoms with E-state index in [2.05, 4.69) is 10.6 Å². The van der Waals surface area contributed by atoms with Gasteiger partial charge in [-0.25, -0.2) is 0 Å². The van der Waals surface area contributed by atoms with Crippen molar-refractivity contribution in [1.29, 1.82) is 0 Å². The molecule has 1 aliphatic carbocycles. The van der Waals surface area contributed by atoms with Crippen LogP contribution >= 0.6 is 0 Å². The van der Waals surface area contributed by atoms with Crippen LogP contribution in [0.4, 0.5) is 0 Å². The molecule has 1 spiro atoms. The molecule has 17 heavy (non-hydrogen) atoms. The first-order valence-electron chi connectivity index (χ1n) is 6.63. The molecule has 0 aromatic heterocycles. The molecule has 2 fully saturated rings. The van der Waals surface area contributed by atoms with Gasteiger partial charge in [-0.05, 0) is 58.0 Å². The van der Waals surface area contributed by atoms with E-state index < -0.39 is 0 Å². The van der Waals surface area contributed by atoms with E-state index in [1.807, 2.05) is 13.8 Å². The monoisotopic (exact) mass is 240 g/mol. The van der Waals surface area contributed by atoms with Crippen LogP contribution in [0.3, 0.4) is 0 Å². The summed E-state index contributed by atoms with van der Waals surface area (Å²) in [6, 6.07) is 0. The third-order valence-electron chi connectivity index (χ3n) is 4.30. The number of rotatable bonds is 4. The summed E-state index contributed by atoms with van der Waals surface area (Å²) in [5.74, 6) is 0.396. The van der Waals surface area contributed by atoms with Crippen molar-refractivity contribution in [3.63, 3.8) is 0 Å². The summed E-state index contributed by atoms with van der Waals surface area (Å²) in [5.41, 5.74) is 0.00710. The molecule has 4 nitrogen and oxygen atoms in total. The van der Waals surface area contributed by atoms with Gasteiger partial charge < -0.3 is 15.7 Å². The lowest BCUT2D eigenvalue weighted by molar-refractivity contribution is -0.125. The zero-order valence-electron chi connectivity index (χ0n) is 10.9. The number of piperidine rings is 1. The molecule has 2 aliphatic rings. The van der Waals surface area contributed by atoms with E-state index in [0.717, 1.165) is 32.4 Å². The van der Waals surface area contributed by atoms with Gasteiger partial charge in [0.05, 0.1) is 0 Å². The van der Waals surface area contributed by atoms with Crippen molar-refractivity contribution in [3.05, 3.63) is 0 Å². The van der Waals surface area contributed by atoms with E-state index >= 15 is 0 Å². The number of hydrogen-bond donors (Lipinski definition) is 3. The van der Waals surface area contributed by atoms with Crippen LogP contribution in [0.2, 0.25) is 0 Å². The molecule has 0 aromatic rings. The Labute approximate surface area is 103 Å². The highest BCUT2D eigenvalue weighted by Crippen LogP contribution is 2.58. The predicted molar refractivity (Wildman–Crippen MR) is 66.6 cm³/mol. The Morgan fingerprint density at radius 2 is 2.12 bits per heavy atom. The molecule has 1 amide bonds. The van der Waals surface area contributed by atoms with Gasteiger partial charge >= 0.3 is 0 Å². The molecule has 4 heteroatoms. The minimum atomic E-state index is -0.289. The Morgan fingerprint density at radius 3 is 2.71 bits per heavy atom. The second kappa shape index (κ2) is 4.58. The Bertz CT molecular complexity index is 296. The number of aliphatic hydroxyl groups excluding tert-OH is 1. The van der Waals surface area contributed by atoms with Crippen LogP contribution in [0.25, 0.3) is 0 Å². The number of nitrogens with one attached hydrogen (secondary N) is 2. The summed E-state index contributed by atoms with van der Waals surface area (Å²) >= 11 is 0. The molecule has 3 N–H and O–H groups in total. The van der Waals surface area contributed by atoms with Crippen molar-refractivity contribution in [3.8, 4) is 0 Å². The topological polar surface area (TPSA) is 61.4 Å². The summed E-state index contributed by atoms with van der Waals surface area (Å²) < 4.78 is 0. The van der Waals surface area contributed by atoms with Crippen LogP contribution < -0.4 is 10.6 Å². The smallest absolute Gasteiger partial charge is 0.224 e. The molecule has 0 radical (unpaired) electrons. The highest BCUT2D eigenvalue weighted by Gasteiger charge is 2.57. The second-order valence-electron chi connectivity index (χ2n) is 6.22. The molecule has 1 saturated carbocycles. The molecule has 1 unspecified atom stereocenters. The third-order valence-corrected chi connectivity index (χ3v) is 4.30. The van der Waals surface area contributed by atoms with Crippen LogP contribution in [0, 0.1) is 11.3 Å². The van der Waals surface area contributed by atoms with Gasteiger partial charge in [-0.15, -0.1) is 0 Å². The zero-order valence-corrected chi connectivity index (χ0v) is 10.9. The van der Waals surface area contributed by atoms with Gasteiger partial charge in [-0.3, -0.25) is 4.79 Å². The van der Waals surface area contributed by atoms with Crippen molar-refractivity contribution < 1.29 is 9.90 Å². The SMILES string of the molecule is CC(C)(CCO)NC(=O)C1CC12CCNCC2. The van der Waals surface area contributed by atoms with Crippen LogP contribution in [0.5, 0.6) is 0 Å². The van der Waals surface area contributed by atoms with Crippen molar-refractivity contribution in [2.24, 2.45) is 11.3 Å². The van der Waals surface area contributed by atoms with Crippen LogP contribution in [0.15, 0.2) is 0 Å². The van der Waals surface area contributed by atoms with Gasteiger partial charge in [0.2, 0.25) is 5.91 Å². The first-order chi connectivity index (χ1) is 7.99. The van der Waals surface area contributed by atoms with Gasteiger partial charge in [0.1, 0.15) is 0 Å². The molecule has 2 rings (SSSR count). The molecular formula is C13H24N2O2. The van der Waals surface area contributed by atoms with Crippen LogP contribution in [-0.2, 0) is 4.79 Å². The summed E-state index contributed by atoms with van der Waals surface area (Å²) in [4.78, 5) is 12.2. The van der Waals surface area contributed by atoms with E-state index in [-0.39, 0.29) is 24.0 Å². The molecule has 0 bridgehead atoms. The second-order valence-corrected chi connectivity index (χ2v) is 6.22. The van der Waals surface area contributed by atoms with Crippen molar-refractivity contribution in [2.75, 3.05) is 19.7 Å². The van der Waals surface area contributed by atoms with Crippen molar-refractivity contribution in [2.45, 2.75) is 45.1 Å². The average Bonchev–Trinajstić information content (AvgIpc) is 2.92. The molecule has 0 aromatic carbocycles. The van der Waals surface area contributed by atoms with E-state index in [1.165, 1.54) is 0 Å². The van der Waals surface area contributed by atoms with Crippen LogP contribution in [0.1, 0.15) is 39.5 Å². The Balaban J connectivity index is 1.86. The Hall–Kier alpha value is -0.610. The Morgan fingerprint density at radius 1 is 1.47 bits per heavy atom. The maximum absolute atomic E-state index is 12.2. The minimum Gasteiger partial charge on any atom is -0.396 e. The lowest BCUT2D eigenvalue weighted by Crippen LogP contribution is -2.45. The average molecular weight is 240 g/mol. The molecule has 98 valence electrons. The molecule has 1 aliphatic heterocycles. The van der Waals surface area contributed by atoms with E-state index in [4.69, 9.17) is 5.11 Å². The first kappa shape index (κ1) is 12.8. The van der Waals surface area contributed by atoms with Gasteiger partial charge in [0.15, 0.2) is 0 Å². The summed E-state index contributed by atoms with van der Waals surface area (Å²) in [5, 5.41) is 15.4. The maximum atomic E-state index is 12.2.